The fourth-order valence-electron chi connectivity index (χ4n) is 1.99. The Kier molecular flexibility index (Phi) is 3.24. The van der Waals surface area contributed by atoms with Gasteiger partial charge in [-0.1, -0.05) is 42.5 Å². The molecule has 0 aliphatic carbocycles. The van der Waals surface area contributed by atoms with Gasteiger partial charge in [0.25, 0.3) is 0 Å². The molecule has 2 heterocycles. The van der Waals surface area contributed by atoms with E-state index in [4.69, 9.17) is 4.42 Å². The maximum atomic E-state index is 5.65. The second-order valence-electron chi connectivity index (χ2n) is 4.12. The molecule has 0 fully saturated rings. The molecule has 0 aliphatic heterocycles. The van der Waals surface area contributed by atoms with Crippen molar-refractivity contribution in [3.8, 4) is 0 Å². The summed E-state index contributed by atoms with van der Waals surface area (Å²) < 4.78 is 5.65. The highest BCUT2D eigenvalue weighted by molar-refractivity contribution is 6.04. The van der Waals surface area contributed by atoms with Crippen LogP contribution in [0.15, 0.2) is 83.5 Å². The summed E-state index contributed by atoms with van der Waals surface area (Å²) in [7, 11) is 0. The van der Waals surface area contributed by atoms with Gasteiger partial charge in [-0.05, 0) is 24.3 Å². The maximum Gasteiger partial charge on any atom is 0.135 e. The van der Waals surface area contributed by atoms with Crippen LogP contribution in [0.5, 0.6) is 0 Å². The van der Waals surface area contributed by atoms with Gasteiger partial charge in [0.2, 0.25) is 0 Å². The molecule has 0 bridgehead atoms. The molecule has 0 saturated carbocycles. The Hall–Kier alpha value is -2.61. The van der Waals surface area contributed by atoms with E-state index in [1.165, 1.54) is 10.8 Å². The first-order valence-corrected chi connectivity index (χ1v) is 6.16. The van der Waals surface area contributed by atoms with Crippen LogP contribution in [0.3, 0.4) is 0 Å². The average Bonchev–Trinajstić information content (AvgIpc) is 2.88. The third-order valence-corrected chi connectivity index (χ3v) is 2.85. The third kappa shape index (κ3) is 2.47. The lowest BCUT2D eigenvalue weighted by molar-refractivity contribution is 0.669. The van der Waals surface area contributed by atoms with E-state index < -0.39 is 0 Å². The number of nitrogens with zero attached hydrogens (tertiary/aromatic N) is 1. The normalized spacial score (nSPS) is 10.1. The number of aromatic nitrogens is 1. The number of hydrogen-bond acceptors (Lipinski definition) is 2. The van der Waals surface area contributed by atoms with Gasteiger partial charge in [0.05, 0.1) is 0 Å². The SMILES string of the molecule is c1ccc2c(c1)oc1ccccc12.c1ccncc1. The lowest BCUT2D eigenvalue weighted by Crippen LogP contribution is -1.62. The van der Waals surface area contributed by atoms with E-state index in [0.29, 0.717) is 0 Å². The van der Waals surface area contributed by atoms with Crippen LogP contribution in [0.1, 0.15) is 0 Å². The predicted octanol–water partition coefficient (Wildman–Crippen LogP) is 4.67. The molecule has 0 atom stereocenters. The van der Waals surface area contributed by atoms with Crippen LogP contribution < -0.4 is 0 Å². The summed E-state index contributed by atoms with van der Waals surface area (Å²) in [6, 6.07) is 21.9. The molecule has 2 aromatic heterocycles. The molecule has 0 saturated heterocycles. The molecule has 4 aromatic rings. The maximum absolute atomic E-state index is 5.65. The van der Waals surface area contributed by atoms with Gasteiger partial charge in [-0.25, -0.2) is 0 Å². The van der Waals surface area contributed by atoms with Crippen molar-refractivity contribution in [3.05, 3.63) is 79.1 Å². The smallest absolute Gasteiger partial charge is 0.135 e. The Morgan fingerprint density at radius 2 is 1.11 bits per heavy atom. The number of pyridine rings is 1. The molecule has 0 radical (unpaired) electrons. The third-order valence-electron chi connectivity index (χ3n) is 2.85. The van der Waals surface area contributed by atoms with Gasteiger partial charge in [0.1, 0.15) is 11.2 Å². The molecule has 0 N–H and O–H groups in total. The number of para-hydroxylation sites is 2. The van der Waals surface area contributed by atoms with Gasteiger partial charge in [-0.15, -0.1) is 0 Å². The van der Waals surface area contributed by atoms with Crippen molar-refractivity contribution in [2.45, 2.75) is 0 Å². The van der Waals surface area contributed by atoms with Crippen LogP contribution in [-0.2, 0) is 0 Å². The molecular formula is C17H13NO. The molecule has 92 valence electrons. The molecule has 0 amide bonds. The lowest BCUT2D eigenvalue weighted by Gasteiger charge is -1.85. The summed E-state index contributed by atoms with van der Waals surface area (Å²) in [5.74, 6) is 0. The molecule has 0 aliphatic rings. The van der Waals surface area contributed by atoms with Crippen molar-refractivity contribution < 1.29 is 4.42 Å². The molecular weight excluding hydrogens is 234 g/mol. The summed E-state index contributed by atoms with van der Waals surface area (Å²) in [5, 5.41) is 2.39. The molecule has 4 rings (SSSR count). The minimum atomic E-state index is 0.962. The van der Waals surface area contributed by atoms with Gasteiger partial charge in [-0.2, -0.15) is 0 Å². The van der Waals surface area contributed by atoms with Gasteiger partial charge in [0, 0.05) is 23.2 Å². The van der Waals surface area contributed by atoms with Gasteiger partial charge in [-0.3, -0.25) is 4.98 Å². The molecule has 0 unspecified atom stereocenters. The Morgan fingerprint density at radius 3 is 1.53 bits per heavy atom. The van der Waals surface area contributed by atoms with Crippen molar-refractivity contribution in [2.24, 2.45) is 0 Å². The predicted molar refractivity (Wildman–Crippen MR) is 78.0 cm³/mol. The van der Waals surface area contributed by atoms with Crippen molar-refractivity contribution >= 4 is 21.9 Å². The zero-order valence-electron chi connectivity index (χ0n) is 10.4. The van der Waals surface area contributed by atoms with Crippen LogP contribution >= 0.6 is 0 Å². The van der Waals surface area contributed by atoms with Crippen LogP contribution in [0, 0.1) is 0 Å². The van der Waals surface area contributed by atoms with E-state index in [2.05, 4.69) is 17.1 Å². The van der Waals surface area contributed by atoms with Crippen LogP contribution in [0.2, 0.25) is 0 Å². The number of hydrogen-bond donors (Lipinski definition) is 0. The minimum Gasteiger partial charge on any atom is -0.456 e. The van der Waals surface area contributed by atoms with Crippen LogP contribution in [0.25, 0.3) is 21.9 Å². The van der Waals surface area contributed by atoms with E-state index in [0.717, 1.165) is 11.2 Å². The summed E-state index contributed by atoms with van der Waals surface area (Å²) >= 11 is 0. The van der Waals surface area contributed by atoms with E-state index in [-0.39, 0.29) is 0 Å². The first-order chi connectivity index (χ1) is 9.45. The summed E-state index contributed by atoms with van der Waals surface area (Å²) in [6.45, 7) is 0. The molecule has 2 nitrogen and oxygen atoms in total. The molecule has 2 aromatic carbocycles. The van der Waals surface area contributed by atoms with Crippen molar-refractivity contribution in [1.82, 2.24) is 4.98 Å². The quantitative estimate of drug-likeness (QED) is 0.451. The van der Waals surface area contributed by atoms with Crippen molar-refractivity contribution in [2.75, 3.05) is 0 Å². The summed E-state index contributed by atoms with van der Waals surface area (Å²) in [5.41, 5.74) is 1.92. The first-order valence-electron chi connectivity index (χ1n) is 6.16. The zero-order chi connectivity index (χ0) is 12.9. The standard InChI is InChI=1S/C12H8O.C5H5N/c1-3-7-11-9(5-1)10-6-2-4-8-12(10)13-11;1-2-4-6-5-3-1/h1-8H;1-5H. The van der Waals surface area contributed by atoms with Gasteiger partial charge in [0.15, 0.2) is 0 Å². The average molecular weight is 247 g/mol. The fourth-order valence-corrected chi connectivity index (χ4v) is 1.99. The fraction of sp³-hybridized carbons (Fsp3) is 0. The number of rotatable bonds is 0. The Bertz CT molecular complexity index is 698. The minimum absolute atomic E-state index is 0.962. The highest BCUT2D eigenvalue weighted by Gasteiger charge is 2.03. The lowest BCUT2D eigenvalue weighted by atomic mass is 10.2. The second kappa shape index (κ2) is 5.36. The van der Waals surface area contributed by atoms with Crippen molar-refractivity contribution in [1.29, 1.82) is 0 Å². The van der Waals surface area contributed by atoms with Gasteiger partial charge < -0.3 is 4.42 Å². The largest absolute Gasteiger partial charge is 0.456 e. The Balaban J connectivity index is 0.000000155. The topological polar surface area (TPSA) is 26.0 Å². The number of benzene rings is 2. The Labute approximate surface area is 111 Å². The van der Waals surface area contributed by atoms with Crippen LogP contribution in [-0.4, -0.2) is 4.98 Å². The summed E-state index contributed by atoms with van der Waals surface area (Å²) in [6.07, 6.45) is 3.50. The number of furan rings is 1. The summed E-state index contributed by atoms with van der Waals surface area (Å²) in [4.78, 5) is 3.78. The van der Waals surface area contributed by atoms with E-state index in [1.807, 2.05) is 54.6 Å². The van der Waals surface area contributed by atoms with E-state index >= 15 is 0 Å². The molecule has 2 heteroatoms. The van der Waals surface area contributed by atoms with Crippen LogP contribution in [0.4, 0.5) is 0 Å². The highest BCUT2D eigenvalue weighted by Crippen LogP contribution is 2.27. The number of fused-ring (bicyclic) bond motifs is 3. The zero-order valence-corrected chi connectivity index (χ0v) is 10.4. The van der Waals surface area contributed by atoms with E-state index in [9.17, 15) is 0 Å². The monoisotopic (exact) mass is 247 g/mol. The van der Waals surface area contributed by atoms with Crippen molar-refractivity contribution in [3.63, 3.8) is 0 Å². The highest BCUT2D eigenvalue weighted by atomic mass is 16.3. The van der Waals surface area contributed by atoms with Gasteiger partial charge >= 0.3 is 0 Å². The molecule has 0 spiro atoms. The Morgan fingerprint density at radius 1 is 0.579 bits per heavy atom. The second-order valence-corrected chi connectivity index (χ2v) is 4.12. The molecule has 19 heavy (non-hydrogen) atoms. The van der Waals surface area contributed by atoms with E-state index in [1.54, 1.807) is 12.4 Å². The first kappa shape index (κ1) is 11.5.